The molecule has 3 heteroatoms. The summed E-state index contributed by atoms with van der Waals surface area (Å²) in [6.45, 7) is 2.26. The molecule has 0 saturated heterocycles. The van der Waals surface area contributed by atoms with Crippen LogP contribution in [-0.4, -0.2) is 13.2 Å². The van der Waals surface area contributed by atoms with Crippen LogP contribution in [0.1, 0.15) is 31.7 Å². The first-order valence-corrected chi connectivity index (χ1v) is 6.09. The molecule has 0 aromatic heterocycles. The molecule has 0 bridgehead atoms. The highest BCUT2D eigenvalue weighted by Gasteiger charge is 2.23. The molecule has 0 heterocycles. The second-order valence-electron chi connectivity index (χ2n) is 4.68. The van der Waals surface area contributed by atoms with Gasteiger partial charge in [-0.15, -0.1) is 0 Å². The number of anilines is 1. The van der Waals surface area contributed by atoms with Crippen molar-refractivity contribution in [1.29, 1.82) is 5.26 Å². The SMILES string of the molecule is COc1ccc(C#N)c(NC2CCCC2C)c1. The van der Waals surface area contributed by atoms with Gasteiger partial charge >= 0.3 is 0 Å². The number of nitriles is 1. The molecule has 0 aliphatic heterocycles. The summed E-state index contributed by atoms with van der Waals surface area (Å²) in [4.78, 5) is 0. The highest BCUT2D eigenvalue weighted by molar-refractivity contribution is 5.61. The van der Waals surface area contributed by atoms with Crippen LogP contribution in [0, 0.1) is 17.2 Å². The normalized spacial score (nSPS) is 23.1. The Morgan fingerprint density at radius 1 is 1.41 bits per heavy atom. The molecule has 2 unspecified atom stereocenters. The van der Waals surface area contributed by atoms with Crippen LogP contribution in [-0.2, 0) is 0 Å². The first kappa shape index (κ1) is 11.8. The van der Waals surface area contributed by atoms with Crippen LogP contribution in [0.15, 0.2) is 18.2 Å². The molecule has 0 amide bonds. The van der Waals surface area contributed by atoms with E-state index in [2.05, 4.69) is 18.3 Å². The minimum atomic E-state index is 0.481. The van der Waals surface area contributed by atoms with E-state index in [9.17, 15) is 0 Å². The minimum Gasteiger partial charge on any atom is -0.497 e. The quantitative estimate of drug-likeness (QED) is 0.867. The van der Waals surface area contributed by atoms with E-state index in [1.165, 1.54) is 19.3 Å². The second-order valence-corrected chi connectivity index (χ2v) is 4.68. The lowest BCUT2D eigenvalue weighted by Gasteiger charge is -2.19. The third-order valence-electron chi connectivity index (χ3n) is 3.55. The zero-order valence-electron chi connectivity index (χ0n) is 10.4. The minimum absolute atomic E-state index is 0.481. The summed E-state index contributed by atoms with van der Waals surface area (Å²) in [5, 5.41) is 12.6. The van der Waals surface area contributed by atoms with Crippen molar-refractivity contribution in [2.24, 2.45) is 5.92 Å². The second kappa shape index (κ2) is 5.09. The monoisotopic (exact) mass is 230 g/mol. The van der Waals surface area contributed by atoms with Crippen LogP contribution >= 0.6 is 0 Å². The maximum Gasteiger partial charge on any atom is 0.121 e. The Morgan fingerprint density at radius 3 is 2.82 bits per heavy atom. The molecule has 0 radical (unpaired) electrons. The number of rotatable bonds is 3. The summed E-state index contributed by atoms with van der Waals surface area (Å²) in [7, 11) is 1.64. The van der Waals surface area contributed by atoms with Crippen molar-refractivity contribution in [3.63, 3.8) is 0 Å². The van der Waals surface area contributed by atoms with Crippen molar-refractivity contribution >= 4 is 5.69 Å². The predicted octanol–water partition coefficient (Wildman–Crippen LogP) is 3.17. The topological polar surface area (TPSA) is 45.0 Å². The van der Waals surface area contributed by atoms with E-state index in [0.29, 0.717) is 17.5 Å². The van der Waals surface area contributed by atoms with Crippen molar-refractivity contribution in [3.05, 3.63) is 23.8 Å². The summed E-state index contributed by atoms with van der Waals surface area (Å²) < 4.78 is 5.20. The molecule has 2 rings (SSSR count). The van der Waals surface area contributed by atoms with Crippen LogP contribution in [0.25, 0.3) is 0 Å². The van der Waals surface area contributed by atoms with Crippen molar-refractivity contribution in [2.45, 2.75) is 32.2 Å². The van der Waals surface area contributed by atoms with Crippen LogP contribution in [0.4, 0.5) is 5.69 Å². The number of hydrogen-bond acceptors (Lipinski definition) is 3. The lowest BCUT2D eigenvalue weighted by molar-refractivity contribution is 0.415. The van der Waals surface area contributed by atoms with E-state index in [1.54, 1.807) is 13.2 Å². The third kappa shape index (κ3) is 2.52. The van der Waals surface area contributed by atoms with Gasteiger partial charge in [-0.05, 0) is 30.9 Å². The molecule has 2 atom stereocenters. The van der Waals surface area contributed by atoms with Gasteiger partial charge in [-0.2, -0.15) is 5.26 Å². The number of nitrogens with one attached hydrogen (secondary N) is 1. The number of benzene rings is 1. The van der Waals surface area contributed by atoms with Gasteiger partial charge in [0.1, 0.15) is 11.8 Å². The summed E-state index contributed by atoms with van der Waals surface area (Å²) in [6.07, 6.45) is 3.72. The van der Waals surface area contributed by atoms with Gasteiger partial charge in [0, 0.05) is 12.1 Å². The van der Waals surface area contributed by atoms with Crippen molar-refractivity contribution in [3.8, 4) is 11.8 Å². The summed E-state index contributed by atoms with van der Waals surface area (Å²) in [5.74, 6) is 1.46. The fourth-order valence-corrected chi connectivity index (χ4v) is 2.43. The summed E-state index contributed by atoms with van der Waals surface area (Å²) in [5.41, 5.74) is 1.58. The molecule has 1 saturated carbocycles. The largest absolute Gasteiger partial charge is 0.497 e. The Bertz CT molecular complexity index is 436. The highest BCUT2D eigenvalue weighted by atomic mass is 16.5. The Balaban J connectivity index is 2.21. The number of methoxy groups -OCH3 is 1. The van der Waals surface area contributed by atoms with Gasteiger partial charge in [-0.1, -0.05) is 13.3 Å². The summed E-state index contributed by atoms with van der Waals surface area (Å²) in [6, 6.07) is 8.23. The van der Waals surface area contributed by atoms with Gasteiger partial charge < -0.3 is 10.1 Å². The predicted molar refractivity (Wildman–Crippen MR) is 68.1 cm³/mol. The molecule has 90 valence electrons. The van der Waals surface area contributed by atoms with Gasteiger partial charge in [0.15, 0.2) is 0 Å². The van der Waals surface area contributed by atoms with E-state index >= 15 is 0 Å². The van der Waals surface area contributed by atoms with E-state index < -0.39 is 0 Å². The first-order chi connectivity index (χ1) is 8.24. The summed E-state index contributed by atoms with van der Waals surface area (Å²) >= 11 is 0. The Morgan fingerprint density at radius 2 is 2.24 bits per heavy atom. The molecule has 1 fully saturated rings. The Hall–Kier alpha value is -1.69. The fourth-order valence-electron chi connectivity index (χ4n) is 2.43. The molecule has 17 heavy (non-hydrogen) atoms. The lowest BCUT2D eigenvalue weighted by atomic mass is 10.1. The van der Waals surface area contributed by atoms with E-state index in [0.717, 1.165) is 11.4 Å². The fraction of sp³-hybridized carbons (Fsp3) is 0.500. The number of nitrogens with zero attached hydrogens (tertiary/aromatic N) is 1. The van der Waals surface area contributed by atoms with Gasteiger partial charge in [0.05, 0.1) is 18.4 Å². The third-order valence-corrected chi connectivity index (χ3v) is 3.55. The molecule has 1 aliphatic carbocycles. The number of ether oxygens (including phenoxy) is 1. The molecular formula is C14H18N2O. The van der Waals surface area contributed by atoms with Crippen LogP contribution in [0.2, 0.25) is 0 Å². The maximum atomic E-state index is 9.09. The zero-order chi connectivity index (χ0) is 12.3. The lowest BCUT2D eigenvalue weighted by Crippen LogP contribution is -2.22. The Kier molecular flexibility index (Phi) is 3.53. The van der Waals surface area contributed by atoms with Gasteiger partial charge in [0.2, 0.25) is 0 Å². The van der Waals surface area contributed by atoms with Crippen LogP contribution < -0.4 is 10.1 Å². The van der Waals surface area contributed by atoms with Gasteiger partial charge in [-0.3, -0.25) is 0 Å². The molecule has 1 N–H and O–H groups in total. The van der Waals surface area contributed by atoms with Gasteiger partial charge in [-0.25, -0.2) is 0 Å². The highest BCUT2D eigenvalue weighted by Crippen LogP contribution is 2.30. The molecule has 1 aliphatic rings. The van der Waals surface area contributed by atoms with E-state index in [1.807, 2.05) is 12.1 Å². The first-order valence-electron chi connectivity index (χ1n) is 6.09. The Labute approximate surface area is 102 Å². The molecule has 3 nitrogen and oxygen atoms in total. The number of hydrogen-bond donors (Lipinski definition) is 1. The standard InChI is InChI=1S/C14H18N2O/c1-10-4-3-5-13(10)16-14-8-12(17-2)7-6-11(14)9-15/h6-8,10,13,16H,3-5H2,1-2H3. The molecule has 0 spiro atoms. The van der Waals surface area contributed by atoms with Crippen molar-refractivity contribution < 1.29 is 4.74 Å². The van der Waals surface area contributed by atoms with Crippen LogP contribution in [0.3, 0.4) is 0 Å². The van der Waals surface area contributed by atoms with Crippen molar-refractivity contribution in [2.75, 3.05) is 12.4 Å². The molecule has 1 aromatic rings. The smallest absolute Gasteiger partial charge is 0.121 e. The molecule has 1 aromatic carbocycles. The maximum absolute atomic E-state index is 9.09. The average molecular weight is 230 g/mol. The van der Waals surface area contributed by atoms with E-state index in [-0.39, 0.29) is 0 Å². The molecular weight excluding hydrogens is 212 g/mol. The van der Waals surface area contributed by atoms with Crippen LogP contribution in [0.5, 0.6) is 5.75 Å². The van der Waals surface area contributed by atoms with Crippen molar-refractivity contribution in [1.82, 2.24) is 0 Å². The average Bonchev–Trinajstić information content (AvgIpc) is 2.75. The van der Waals surface area contributed by atoms with E-state index in [4.69, 9.17) is 10.00 Å². The zero-order valence-corrected chi connectivity index (χ0v) is 10.4. The van der Waals surface area contributed by atoms with Gasteiger partial charge in [0.25, 0.3) is 0 Å².